The first kappa shape index (κ1) is 25.8. The Kier molecular flexibility index (Phi) is 11.3. The number of ether oxygens (including phenoxy) is 4. The number of amides is 1. The van der Waals surface area contributed by atoms with E-state index in [-0.39, 0.29) is 19.3 Å². The van der Waals surface area contributed by atoms with Crippen LogP contribution in [-0.4, -0.2) is 66.2 Å². The van der Waals surface area contributed by atoms with Crippen molar-refractivity contribution >= 4 is 23.8 Å². The Bertz CT molecular complexity index is 595. The lowest BCUT2D eigenvalue weighted by Gasteiger charge is -2.44. The molecular weight excluding hydrogens is 398 g/mol. The minimum Gasteiger partial charge on any atom is -0.456 e. The second kappa shape index (κ2) is 13.2. The van der Waals surface area contributed by atoms with Gasteiger partial charge in [-0.2, -0.15) is 0 Å². The summed E-state index contributed by atoms with van der Waals surface area (Å²) in [6, 6.07) is -1.12. The molecule has 0 aromatic rings. The summed E-state index contributed by atoms with van der Waals surface area (Å²) in [6.07, 6.45) is -2.92. The van der Waals surface area contributed by atoms with E-state index in [1.807, 2.05) is 0 Å². The number of aliphatic hydroxyl groups is 1. The molecule has 1 aliphatic rings. The van der Waals surface area contributed by atoms with E-state index < -0.39 is 61.1 Å². The second-order valence-corrected chi connectivity index (χ2v) is 7.10. The highest BCUT2D eigenvalue weighted by Crippen LogP contribution is 2.28. The SMILES string of the molecule is CCCC(=O)OC1OC(CO)[C@@H](OC(=O)CCC)C(OC(=O)CCC)C1NC(C)=O. The molecule has 1 fully saturated rings. The van der Waals surface area contributed by atoms with Gasteiger partial charge in [0, 0.05) is 26.2 Å². The van der Waals surface area contributed by atoms with E-state index in [1.165, 1.54) is 6.92 Å². The van der Waals surface area contributed by atoms with Crippen LogP contribution in [0.5, 0.6) is 0 Å². The number of carbonyl (C=O) groups is 4. The summed E-state index contributed by atoms with van der Waals surface area (Å²) in [7, 11) is 0. The zero-order valence-corrected chi connectivity index (χ0v) is 18.0. The van der Waals surface area contributed by atoms with Gasteiger partial charge in [-0.05, 0) is 19.3 Å². The Morgan fingerprint density at radius 2 is 1.30 bits per heavy atom. The van der Waals surface area contributed by atoms with Crippen LogP contribution in [0.3, 0.4) is 0 Å². The molecule has 0 saturated carbocycles. The highest BCUT2D eigenvalue weighted by molar-refractivity contribution is 5.74. The van der Waals surface area contributed by atoms with Crippen molar-refractivity contribution in [2.75, 3.05) is 6.61 Å². The molecule has 0 aromatic carbocycles. The fourth-order valence-corrected chi connectivity index (χ4v) is 3.04. The van der Waals surface area contributed by atoms with Gasteiger partial charge in [-0.3, -0.25) is 19.2 Å². The summed E-state index contributed by atoms with van der Waals surface area (Å²) in [5, 5.41) is 12.4. The molecule has 172 valence electrons. The van der Waals surface area contributed by atoms with Gasteiger partial charge in [0.1, 0.15) is 12.1 Å². The summed E-state index contributed by atoms with van der Waals surface area (Å²) >= 11 is 0. The molecule has 1 saturated heterocycles. The van der Waals surface area contributed by atoms with E-state index in [2.05, 4.69) is 5.32 Å². The molecule has 10 heteroatoms. The van der Waals surface area contributed by atoms with Crippen molar-refractivity contribution < 1.29 is 43.2 Å². The van der Waals surface area contributed by atoms with Crippen molar-refractivity contribution in [1.29, 1.82) is 0 Å². The van der Waals surface area contributed by atoms with E-state index in [1.54, 1.807) is 20.8 Å². The first-order valence-electron chi connectivity index (χ1n) is 10.4. The number of hydrogen-bond donors (Lipinski definition) is 2. The summed E-state index contributed by atoms with van der Waals surface area (Å²) in [5.74, 6) is -2.21. The van der Waals surface area contributed by atoms with Crippen molar-refractivity contribution in [3.05, 3.63) is 0 Å². The molecule has 1 aliphatic heterocycles. The Morgan fingerprint density at radius 1 is 0.833 bits per heavy atom. The predicted molar refractivity (Wildman–Crippen MR) is 104 cm³/mol. The molecule has 1 rings (SSSR count). The van der Waals surface area contributed by atoms with Gasteiger partial charge < -0.3 is 29.4 Å². The van der Waals surface area contributed by atoms with E-state index in [4.69, 9.17) is 18.9 Å². The lowest BCUT2D eigenvalue weighted by Crippen LogP contribution is -2.66. The smallest absolute Gasteiger partial charge is 0.308 e. The van der Waals surface area contributed by atoms with Gasteiger partial charge in [0.15, 0.2) is 12.2 Å². The fraction of sp³-hybridized carbons (Fsp3) is 0.800. The molecule has 10 nitrogen and oxygen atoms in total. The Hall–Kier alpha value is -2.20. The number of carbonyl (C=O) groups excluding carboxylic acids is 4. The fourth-order valence-electron chi connectivity index (χ4n) is 3.04. The number of rotatable bonds is 11. The molecule has 30 heavy (non-hydrogen) atoms. The van der Waals surface area contributed by atoms with E-state index >= 15 is 0 Å². The summed E-state index contributed by atoms with van der Waals surface area (Å²) in [5.41, 5.74) is 0. The highest BCUT2D eigenvalue weighted by Gasteiger charge is 2.52. The van der Waals surface area contributed by atoms with Crippen LogP contribution in [0.1, 0.15) is 66.2 Å². The normalized spacial score (nSPS) is 25.8. The molecular formula is C20H33NO9. The van der Waals surface area contributed by atoms with Gasteiger partial charge in [-0.25, -0.2) is 0 Å². The van der Waals surface area contributed by atoms with Crippen molar-refractivity contribution in [3.8, 4) is 0 Å². The van der Waals surface area contributed by atoms with Gasteiger partial charge in [0.05, 0.1) is 6.61 Å². The van der Waals surface area contributed by atoms with Crippen molar-refractivity contribution in [2.24, 2.45) is 0 Å². The Balaban J connectivity index is 3.26. The van der Waals surface area contributed by atoms with Gasteiger partial charge in [-0.1, -0.05) is 20.8 Å². The molecule has 0 aliphatic carbocycles. The monoisotopic (exact) mass is 431 g/mol. The predicted octanol–water partition coefficient (Wildman–Crippen LogP) is 0.975. The maximum absolute atomic E-state index is 12.2. The van der Waals surface area contributed by atoms with Crippen LogP contribution in [0.2, 0.25) is 0 Å². The Labute approximate surface area is 176 Å². The van der Waals surface area contributed by atoms with Crippen LogP contribution in [0, 0.1) is 0 Å². The van der Waals surface area contributed by atoms with E-state index in [9.17, 15) is 24.3 Å². The van der Waals surface area contributed by atoms with Gasteiger partial charge >= 0.3 is 17.9 Å². The second-order valence-electron chi connectivity index (χ2n) is 7.10. The standard InChI is InChI=1S/C20H33NO9/c1-5-8-14(24)28-18-13(11-22)27-20(30-16(26)10-7-3)17(21-12(4)23)19(18)29-15(25)9-6-2/h13,17-20,22H,5-11H2,1-4H3,(H,21,23)/t13?,17?,18-,19?,20?/m1/s1. The zero-order chi connectivity index (χ0) is 22.7. The summed E-state index contributed by atoms with van der Waals surface area (Å²) in [6.45, 7) is 6.04. The van der Waals surface area contributed by atoms with Crippen LogP contribution in [0.25, 0.3) is 0 Å². The maximum Gasteiger partial charge on any atom is 0.308 e. The van der Waals surface area contributed by atoms with Crippen LogP contribution >= 0.6 is 0 Å². The molecule has 5 atom stereocenters. The number of aliphatic hydroxyl groups excluding tert-OH is 1. The van der Waals surface area contributed by atoms with Gasteiger partial charge in [0.2, 0.25) is 12.2 Å². The third kappa shape index (κ3) is 7.91. The molecule has 4 unspecified atom stereocenters. The van der Waals surface area contributed by atoms with E-state index in [0.29, 0.717) is 19.3 Å². The van der Waals surface area contributed by atoms with Gasteiger partial charge in [-0.15, -0.1) is 0 Å². The molecule has 1 heterocycles. The number of esters is 3. The van der Waals surface area contributed by atoms with Crippen LogP contribution in [-0.2, 0) is 38.1 Å². The number of nitrogens with one attached hydrogen (secondary N) is 1. The van der Waals surface area contributed by atoms with Crippen LogP contribution in [0.15, 0.2) is 0 Å². The third-order valence-electron chi connectivity index (χ3n) is 4.34. The summed E-state index contributed by atoms with van der Waals surface area (Å²) < 4.78 is 22.0. The molecule has 0 bridgehead atoms. The largest absolute Gasteiger partial charge is 0.456 e. The van der Waals surface area contributed by atoms with E-state index in [0.717, 1.165) is 0 Å². The lowest BCUT2D eigenvalue weighted by molar-refractivity contribution is -0.271. The maximum atomic E-state index is 12.2. The minimum absolute atomic E-state index is 0.101. The molecule has 2 N–H and O–H groups in total. The van der Waals surface area contributed by atoms with Crippen molar-refractivity contribution in [1.82, 2.24) is 5.32 Å². The van der Waals surface area contributed by atoms with Gasteiger partial charge in [0.25, 0.3) is 0 Å². The number of hydrogen-bond acceptors (Lipinski definition) is 9. The zero-order valence-electron chi connectivity index (χ0n) is 18.0. The first-order valence-corrected chi connectivity index (χ1v) is 10.4. The van der Waals surface area contributed by atoms with Crippen LogP contribution in [0.4, 0.5) is 0 Å². The highest BCUT2D eigenvalue weighted by atomic mass is 16.7. The molecule has 0 spiro atoms. The molecule has 0 radical (unpaired) electrons. The minimum atomic E-state index is -1.33. The molecule has 0 aromatic heterocycles. The first-order chi connectivity index (χ1) is 14.3. The van der Waals surface area contributed by atoms with Crippen molar-refractivity contribution in [3.63, 3.8) is 0 Å². The quantitative estimate of drug-likeness (QED) is 0.362. The Morgan fingerprint density at radius 3 is 1.73 bits per heavy atom. The molecule has 1 amide bonds. The third-order valence-corrected chi connectivity index (χ3v) is 4.34. The summed E-state index contributed by atoms with van der Waals surface area (Å²) in [4.78, 5) is 48.2. The lowest BCUT2D eigenvalue weighted by atomic mass is 9.96. The topological polar surface area (TPSA) is 137 Å². The van der Waals surface area contributed by atoms with Crippen LogP contribution < -0.4 is 5.32 Å². The average molecular weight is 431 g/mol. The average Bonchev–Trinajstić information content (AvgIpc) is 2.66. The van der Waals surface area contributed by atoms with Crippen molar-refractivity contribution in [2.45, 2.75) is 96.9 Å².